The molecule has 0 radical (unpaired) electrons. The minimum Gasteiger partial charge on any atom is -0.339 e. The fourth-order valence-electron chi connectivity index (χ4n) is 4.75. The second kappa shape index (κ2) is 7.19. The quantitative estimate of drug-likeness (QED) is 0.758. The molecule has 1 atom stereocenters. The van der Waals surface area contributed by atoms with Crippen LogP contribution in [0.25, 0.3) is 0 Å². The Labute approximate surface area is 158 Å². The van der Waals surface area contributed by atoms with E-state index in [4.69, 9.17) is 0 Å². The predicted octanol–water partition coefficient (Wildman–Crippen LogP) is 4.21. The third kappa shape index (κ3) is 3.73. The Balaban J connectivity index is 1.51. The minimum atomic E-state index is 0.0647. The average Bonchev–Trinajstić information content (AvgIpc) is 3.49. The molecule has 2 heterocycles. The van der Waals surface area contributed by atoms with Crippen molar-refractivity contribution in [2.75, 3.05) is 26.2 Å². The van der Waals surface area contributed by atoms with Gasteiger partial charge in [-0.15, -0.1) is 0 Å². The van der Waals surface area contributed by atoms with E-state index in [0.29, 0.717) is 17.4 Å². The number of carbonyl (C=O) groups is 1. The number of carbonyl (C=O) groups excluding carboxylic acids is 1. The van der Waals surface area contributed by atoms with E-state index in [2.05, 4.69) is 54.0 Å². The third-order valence-electron chi connectivity index (χ3n) is 6.59. The van der Waals surface area contributed by atoms with E-state index in [1.165, 1.54) is 36.8 Å². The van der Waals surface area contributed by atoms with E-state index >= 15 is 0 Å². The summed E-state index contributed by atoms with van der Waals surface area (Å²) >= 11 is 0. The summed E-state index contributed by atoms with van der Waals surface area (Å²) in [7, 11) is 0. The normalized spacial score (nSPS) is 26.2. The van der Waals surface area contributed by atoms with Crippen molar-refractivity contribution in [1.82, 2.24) is 9.80 Å². The zero-order valence-corrected chi connectivity index (χ0v) is 16.3. The second-order valence-corrected chi connectivity index (χ2v) is 8.95. The molecule has 1 amide bonds. The Morgan fingerprint density at radius 2 is 1.85 bits per heavy atom. The summed E-state index contributed by atoms with van der Waals surface area (Å²) in [6.45, 7) is 8.75. The number of allylic oxidation sites excluding steroid dienone is 1. The van der Waals surface area contributed by atoms with Gasteiger partial charge in [0.1, 0.15) is 0 Å². The first kappa shape index (κ1) is 17.8. The molecule has 2 saturated heterocycles. The van der Waals surface area contributed by atoms with Gasteiger partial charge in [0.05, 0.1) is 5.92 Å². The molecule has 3 fully saturated rings. The number of benzene rings is 1. The molecule has 1 aromatic carbocycles. The number of nitrogens with zero attached hydrogens (tertiary/aromatic N) is 2. The summed E-state index contributed by atoms with van der Waals surface area (Å²) in [6, 6.07) is 11.0. The lowest BCUT2D eigenvalue weighted by atomic mass is 9.67. The van der Waals surface area contributed by atoms with Crippen molar-refractivity contribution < 1.29 is 4.79 Å². The van der Waals surface area contributed by atoms with Crippen LogP contribution in [0.15, 0.2) is 42.0 Å². The van der Waals surface area contributed by atoms with Gasteiger partial charge in [-0.3, -0.25) is 9.69 Å². The van der Waals surface area contributed by atoms with E-state index in [0.717, 1.165) is 32.6 Å². The largest absolute Gasteiger partial charge is 0.339 e. The lowest BCUT2D eigenvalue weighted by Gasteiger charge is -2.50. The molecule has 1 aliphatic carbocycles. The molecule has 0 N–H and O–H groups in total. The maximum Gasteiger partial charge on any atom is 0.230 e. The van der Waals surface area contributed by atoms with Crippen LogP contribution in [-0.4, -0.2) is 47.9 Å². The molecule has 3 heteroatoms. The van der Waals surface area contributed by atoms with Crippen LogP contribution in [0.2, 0.25) is 0 Å². The molecule has 4 rings (SSSR count). The standard InChI is InChI=1S/C23H32N2O/c1-18(2)10-13-24-14-11-23(12-15-24)16-21(19-6-4-3-5-7-19)22(26)25(17-23)20-8-9-20/h3-7,10,20-21H,8-9,11-17H2,1-2H3. The molecular formula is C23H32N2O. The first-order chi connectivity index (χ1) is 12.6. The van der Waals surface area contributed by atoms with Crippen LogP contribution in [0.3, 0.4) is 0 Å². The topological polar surface area (TPSA) is 23.6 Å². The van der Waals surface area contributed by atoms with Gasteiger partial charge in [-0.2, -0.15) is 0 Å². The lowest BCUT2D eigenvalue weighted by Crippen LogP contribution is -2.54. The van der Waals surface area contributed by atoms with Gasteiger partial charge >= 0.3 is 0 Å². The molecular weight excluding hydrogens is 320 g/mol. The zero-order valence-electron chi connectivity index (χ0n) is 16.3. The van der Waals surface area contributed by atoms with Gasteiger partial charge in [0, 0.05) is 19.1 Å². The number of amides is 1. The number of hydrogen-bond donors (Lipinski definition) is 0. The fourth-order valence-corrected chi connectivity index (χ4v) is 4.75. The maximum absolute atomic E-state index is 13.2. The monoisotopic (exact) mass is 352 g/mol. The van der Waals surface area contributed by atoms with Crippen molar-refractivity contribution in [2.24, 2.45) is 5.41 Å². The summed E-state index contributed by atoms with van der Waals surface area (Å²) in [5.41, 5.74) is 2.94. The maximum atomic E-state index is 13.2. The first-order valence-corrected chi connectivity index (χ1v) is 10.3. The Kier molecular flexibility index (Phi) is 4.92. The smallest absolute Gasteiger partial charge is 0.230 e. The molecule has 1 unspecified atom stereocenters. The van der Waals surface area contributed by atoms with E-state index in [1.807, 2.05) is 6.07 Å². The molecule has 1 spiro atoms. The van der Waals surface area contributed by atoms with Gasteiger partial charge in [-0.05, 0) is 70.0 Å². The lowest BCUT2D eigenvalue weighted by molar-refractivity contribution is -0.142. The summed E-state index contributed by atoms with van der Waals surface area (Å²) in [5.74, 6) is 0.450. The van der Waals surface area contributed by atoms with Crippen LogP contribution in [0, 0.1) is 5.41 Å². The summed E-state index contributed by atoms with van der Waals surface area (Å²) in [5, 5.41) is 0. The van der Waals surface area contributed by atoms with Gasteiger partial charge in [-0.1, -0.05) is 42.0 Å². The summed E-state index contributed by atoms with van der Waals surface area (Å²) in [6.07, 6.45) is 8.24. The average molecular weight is 353 g/mol. The highest BCUT2D eigenvalue weighted by atomic mass is 16.2. The van der Waals surface area contributed by atoms with Crippen molar-refractivity contribution in [3.05, 3.63) is 47.5 Å². The second-order valence-electron chi connectivity index (χ2n) is 8.95. The van der Waals surface area contributed by atoms with Crippen LogP contribution in [0.1, 0.15) is 57.4 Å². The Bertz CT molecular complexity index is 665. The van der Waals surface area contributed by atoms with Crippen molar-refractivity contribution in [1.29, 1.82) is 0 Å². The summed E-state index contributed by atoms with van der Waals surface area (Å²) in [4.78, 5) is 18.0. The van der Waals surface area contributed by atoms with E-state index < -0.39 is 0 Å². The van der Waals surface area contributed by atoms with Gasteiger partial charge in [-0.25, -0.2) is 0 Å². The van der Waals surface area contributed by atoms with Gasteiger partial charge < -0.3 is 4.90 Å². The first-order valence-electron chi connectivity index (χ1n) is 10.3. The molecule has 3 nitrogen and oxygen atoms in total. The molecule has 0 aromatic heterocycles. The number of piperidine rings is 2. The Morgan fingerprint density at radius 1 is 1.15 bits per heavy atom. The molecule has 1 aromatic rings. The van der Waals surface area contributed by atoms with Gasteiger partial charge in [0.2, 0.25) is 5.91 Å². The molecule has 1 saturated carbocycles. The van der Waals surface area contributed by atoms with Crippen LogP contribution < -0.4 is 0 Å². The highest BCUT2D eigenvalue weighted by molar-refractivity contribution is 5.85. The summed E-state index contributed by atoms with van der Waals surface area (Å²) < 4.78 is 0. The SMILES string of the molecule is CC(C)=CCN1CCC2(CC1)CC(c1ccccc1)C(=O)N(C1CC1)C2. The Hall–Kier alpha value is -1.61. The molecule has 3 aliphatic rings. The van der Waals surface area contributed by atoms with Crippen LogP contribution >= 0.6 is 0 Å². The molecule has 26 heavy (non-hydrogen) atoms. The van der Waals surface area contributed by atoms with Crippen molar-refractivity contribution >= 4 is 5.91 Å². The van der Waals surface area contributed by atoms with Crippen molar-refractivity contribution in [3.8, 4) is 0 Å². The van der Waals surface area contributed by atoms with Crippen LogP contribution in [0.5, 0.6) is 0 Å². The zero-order chi connectivity index (χ0) is 18.1. The highest BCUT2D eigenvalue weighted by Gasteiger charge is 2.49. The van der Waals surface area contributed by atoms with Crippen LogP contribution in [0.4, 0.5) is 0 Å². The fraction of sp³-hybridized carbons (Fsp3) is 0.609. The highest BCUT2D eigenvalue weighted by Crippen LogP contribution is 2.48. The van der Waals surface area contributed by atoms with Gasteiger partial charge in [0.15, 0.2) is 0 Å². The molecule has 0 bridgehead atoms. The molecule has 140 valence electrons. The van der Waals surface area contributed by atoms with E-state index in [9.17, 15) is 4.79 Å². The minimum absolute atomic E-state index is 0.0647. The predicted molar refractivity (Wildman–Crippen MR) is 106 cm³/mol. The Morgan fingerprint density at radius 3 is 2.46 bits per heavy atom. The van der Waals surface area contributed by atoms with E-state index in [-0.39, 0.29) is 5.92 Å². The van der Waals surface area contributed by atoms with Crippen LogP contribution in [-0.2, 0) is 4.79 Å². The van der Waals surface area contributed by atoms with E-state index in [1.54, 1.807) is 0 Å². The number of hydrogen-bond acceptors (Lipinski definition) is 2. The van der Waals surface area contributed by atoms with Crippen molar-refractivity contribution in [2.45, 2.75) is 57.9 Å². The number of rotatable bonds is 4. The molecule has 2 aliphatic heterocycles. The third-order valence-corrected chi connectivity index (χ3v) is 6.59. The van der Waals surface area contributed by atoms with Crippen molar-refractivity contribution in [3.63, 3.8) is 0 Å². The van der Waals surface area contributed by atoms with Gasteiger partial charge in [0.25, 0.3) is 0 Å². The number of likely N-dealkylation sites (tertiary alicyclic amines) is 2.